The number of imide groups is 1. The third-order valence-electron chi connectivity index (χ3n) is 4.62. The molecular formula is C17H21N3O3. The topological polar surface area (TPSA) is 78.5 Å². The summed E-state index contributed by atoms with van der Waals surface area (Å²) in [5.74, 6) is -0.488. The molecule has 1 aliphatic carbocycles. The number of hydrogen-bond acceptors (Lipinski definition) is 3. The van der Waals surface area contributed by atoms with Gasteiger partial charge in [-0.05, 0) is 49.8 Å². The maximum atomic E-state index is 12.5. The van der Waals surface area contributed by atoms with Gasteiger partial charge in [-0.1, -0.05) is 19.1 Å². The first kappa shape index (κ1) is 15.5. The van der Waals surface area contributed by atoms with Crippen LogP contribution >= 0.6 is 0 Å². The molecule has 0 spiro atoms. The van der Waals surface area contributed by atoms with Crippen LogP contribution in [0.4, 0.5) is 10.5 Å². The highest BCUT2D eigenvalue weighted by atomic mass is 16.2. The summed E-state index contributed by atoms with van der Waals surface area (Å²) in [6.07, 6.45) is 2.75. The van der Waals surface area contributed by atoms with Crippen LogP contribution in [0.15, 0.2) is 24.3 Å². The second-order valence-corrected chi connectivity index (χ2v) is 6.40. The van der Waals surface area contributed by atoms with Gasteiger partial charge in [-0.2, -0.15) is 0 Å². The molecule has 0 radical (unpaired) electrons. The maximum absolute atomic E-state index is 12.5. The summed E-state index contributed by atoms with van der Waals surface area (Å²) in [6, 6.07) is 7.04. The highest BCUT2D eigenvalue weighted by Crippen LogP contribution is 2.42. The van der Waals surface area contributed by atoms with Crippen LogP contribution in [0.3, 0.4) is 0 Å². The van der Waals surface area contributed by atoms with Gasteiger partial charge in [-0.25, -0.2) is 4.79 Å². The lowest BCUT2D eigenvalue weighted by atomic mass is 9.96. The van der Waals surface area contributed by atoms with E-state index in [9.17, 15) is 14.4 Å². The van der Waals surface area contributed by atoms with Gasteiger partial charge in [0.15, 0.2) is 0 Å². The van der Waals surface area contributed by atoms with Gasteiger partial charge in [-0.3, -0.25) is 14.5 Å². The highest BCUT2D eigenvalue weighted by molar-refractivity contribution is 6.10. The molecule has 3 rings (SSSR count). The van der Waals surface area contributed by atoms with E-state index in [1.807, 2.05) is 25.1 Å². The van der Waals surface area contributed by atoms with E-state index in [2.05, 4.69) is 10.6 Å². The van der Waals surface area contributed by atoms with Gasteiger partial charge in [0.05, 0.1) is 0 Å². The molecule has 122 valence electrons. The van der Waals surface area contributed by atoms with Crippen LogP contribution in [0.1, 0.15) is 32.3 Å². The largest absolute Gasteiger partial charge is 0.325 e. The minimum atomic E-state index is -0.848. The van der Waals surface area contributed by atoms with E-state index in [-0.39, 0.29) is 24.3 Å². The fourth-order valence-electron chi connectivity index (χ4n) is 3.01. The molecule has 0 bridgehead atoms. The molecule has 1 saturated heterocycles. The van der Waals surface area contributed by atoms with E-state index in [1.165, 1.54) is 0 Å². The van der Waals surface area contributed by atoms with Crippen molar-refractivity contribution < 1.29 is 14.4 Å². The zero-order valence-corrected chi connectivity index (χ0v) is 13.4. The average molecular weight is 315 g/mol. The van der Waals surface area contributed by atoms with Gasteiger partial charge >= 0.3 is 6.03 Å². The van der Waals surface area contributed by atoms with E-state index < -0.39 is 11.6 Å². The smallest absolute Gasteiger partial charge is 0.325 e. The molecule has 1 heterocycles. The van der Waals surface area contributed by atoms with Gasteiger partial charge < -0.3 is 10.6 Å². The standard InChI is InChI=1S/C17H21N3O3/c1-3-11-5-4-6-13(9-11)18-14(21)10-20-15(22)17(2,12-7-8-12)19-16(20)23/h4-6,9,12H,3,7-8,10H2,1-2H3,(H,18,21)(H,19,23)/t17-/m1/s1. The number of carbonyl (C=O) groups excluding carboxylic acids is 3. The number of amides is 4. The highest BCUT2D eigenvalue weighted by Gasteiger charge is 2.56. The first-order valence-electron chi connectivity index (χ1n) is 7.97. The first-order chi connectivity index (χ1) is 10.9. The monoisotopic (exact) mass is 315 g/mol. The Labute approximate surface area is 135 Å². The van der Waals surface area contributed by atoms with Crippen molar-refractivity contribution >= 4 is 23.5 Å². The van der Waals surface area contributed by atoms with Crippen LogP contribution in [0.2, 0.25) is 0 Å². The summed E-state index contributed by atoms with van der Waals surface area (Å²) in [4.78, 5) is 37.7. The molecule has 2 aliphatic rings. The van der Waals surface area contributed by atoms with Crippen LogP contribution in [-0.2, 0) is 16.0 Å². The van der Waals surface area contributed by atoms with E-state index in [4.69, 9.17) is 0 Å². The van der Waals surface area contributed by atoms with Gasteiger partial charge in [-0.15, -0.1) is 0 Å². The molecule has 1 aliphatic heterocycles. The number of nitrogens with zero attached hydrogens (tertiary/aromatic N) is 1. The SMILES string of the molecule is CCc1cccc(NC(=O)CN2C(=O)N[C@](C)(C3CC3)C2=O)c1. The maximum Gasteiger partial charge on any atom is 0.325 e. The van der Waals surface area contributed by atoms with Crippen molar-refractivity contribution in [3.05, 3.63) is 29.8 Å². The third-order valence-corrected chi connectivity index (χ3v) is 4.62. The molecule has 1 saturated carbocycles. The second-order valence-electron chi connectivity index (χ2n) is 6.40. The van der Waals surface area contributed by atoms with E-state index >= 15 is 0 Å². The van der Waals surface area contributed by atoms with Gasteiger partial charge in [0.2, 0.25) is 5.91 Å². The zero-order valence-electron chi connectivity index (χ0n) is 13.4. The third kappa shape index (κ3) is 2.93. The van der Waals surface area contributed by atoms with Gasteiger partial charge in [0, 0.05) is 5.69 Å². The molecule has 1 aromatic carbocycles. The Kier molecular flexibility index (Phi) is 3.83. The summed E-state index contributed by atoms with van der Waals surface area (Å²) in [5.41, 5.74) is 0.935. The minimum Gasteiger partial charge on any atom is -0.325 e. The normalized spacial score (nSPS) is 23.8. The number of nitrogens with one attached hydrogen (secondary N) is 2. The van der Waals surface area contributed by atoms with E-state index in [1.54, 1.807) is 13.0 Å². The first-order valence-corrected chi connectivity index (χ1v) is 7.97. The van der Waals surface area contributed by atoms with Crippen molar-refractivity contribution in [2.75, 3.05) is 11.9 Å². The summed E-state index contributed by atoms with van der Waals surface area (Å²) in [6.45, 7) is 3.52. The second kappa shape index (κ2) is 5.68. The molecule has 23 heavy (non-hydrogen) atoms. The van der Waals surface area contributed by atoms with Gasteiger partial charge in [0.25, 0.3) is 5.91 Å². The van der Waals surface area contributed by atoms with Crippen molar-refractivity contribution in [2.24, 2.45) is 5.92 Å². The molecule has 6 heteroatoms. The quantitative estimate of drug-likeness (QED) is 0.815. The number of anilines is 1. The number of benzene rings is 1. The van der Waals surface area contributed by atoms with Crippen LogP contribution in [-0.4, -0.2) is 34.8 Å². The Bertz CT molecular complexity index is 669. The average Bonchev–Trinajstić information content (AvgIpc) is 3.34. The van der Waals surface area contributed by atoms with E-state index in [0.29, 0.717) is 5.69 Å². The summed E-state index contributed by atoms with van der Waals surface area (Å²) in [5, 5.41) is 5.48. The van der Waals surface area contributed by atoms with Crippen LogP contribution < -0.4 is 10.6 Å². The van der Waals surface area contributed by atoms with Crippen molar-refractivity contribution in [3.8, 4) is 0 Å². The Morgan fingerprint density at radius 2 is 2.13 bits per heavy atom. The van der Waals surface area contributed by atoms with Crippen LogP contribution in [0.25, 0.3) is 0 Å². The van der Waals surface area contributed by atoms with E-state index in [0.717, 1.165) is 29.7 Å². The lowest BCUT2D eigenvalue weighted by molar-refractivity contribution is -0.134. The summed E-state index contributed by atoms with van der Waals surface area (Å²) < 4.78 is 0. The molecular weight excluding hydrogens is 294 g/mol. The fourth-order valence-corrected chi connectivity index (χ4v) is 3.01. The predicted octanol–water partition coefficient (Wildman–Crippen LogP) is 1.91. The molecule has 1 aromatic rings. The molecule has 2 fully saturated rings. The van der Waals surface area contributed by atoms with Crippen molar-refractivity contribution in [1.29, 1.82) is 0 Å². The predicted molar refractivity (Wildman–Crippen MR) is 85.8 cm³/mol. The number of carbonyl (C=O) groups is 3. The summed E-state index contributed by atoms with van der Waals surface area (Å²) in [7, 11) is 0. The number of hydrogen-bond donors (Lipinski definition) is 2. The zero-order chi connectivity index (χ0) is 16.6. The summed E-state index contributed by atoms with van der Waals surface area (Å²) >= 11 is 0. The molecule has 0 unspecified atom stereocenters. The van der Waals surface area contributed by atoms with Gasteiger partial charge in [0.1, 0.15) is 12.1 Å². The lowest BCUT2D eigenvalue weighted by Gasteiger charge is -2.20. The molecule has 0 aromatic heterocycles. The Morgan fingerprint density at radius 3 is 2.78 bits per heavy atom. The molecule has 4 amide bonds. The number of urea groups is 1. The molecule has 6 nitrogen and oxygen atoms in total. The Balaban J connectivity index is 1.65. The van der Waals surface area contributed by atoms with Crippen molar-refractivity contribution in [2.45, 2.75) is 38.6 Å². The van der Waals surface area contributed by atoms with Crippen LogP contribution in [0.5, 0.6) is 0 Å². The molecule has 2 N–H and O–H groups in total. The minimum absolute atomic E-state index is 0.188. The Hall–Kier alpha value is -2.37. The number of aryl methyl sites for hydroxylation is 1. The number of rotatable bonds is 5. The lowest BCUT2D eigenvalue weighted by Crippen LogP contribution is -2.46. The molecule has 1 atom stereocenters. The fraction of sp³-hybridized carbons (Fsp3) is 0.471. The van der Waals surface area contributed by atoms with Crippen molar-refractivity contribution in [3.63, 3.8) is 0 Å². The van der Waals surface area contributed by atoms with Crippen molar-refractivity contribution in [1.82, 2.24) is 10.2 Å². The Morgan fingerprint density at radius 1 is 1.39 bits per heavy atom. The van der Waals surface area contributed by atoms with Crippen LogP contribution in [0, 0.1) is 5.92 Å².